The summed E-state index contributed by atoms with van der Waals surface area (Å²) in [7, 11) is 1.27. The second-order valence-corrected chi connectivity index (χ2v) is 7.24. The van der Waals surface area contributed by atoms with Crippen molar-refractivity contribution in [3.8, 4) is 0 Å². The molecule has 11 heteroatoms. The number of carbonyl (C=O) groups is 2. The van der Waals surface area contributed by atoms with Crippen LogP contribution in [0.25, 0.3) is 0 Å². The number of esters is 1. The van der Waals surface area contributed by atoms with Crippen LogP contribution in [0.1, 0.15) is 20.8 Å². The molecule has 2 rings (SSSR count). The van der Waals surface area contributed by atoms with Gasteiger partial charge < -0.3 is 25.8 Å². The number of anilines is 3. The molecule has 0 radical (unpaired) electrons. The molecule has 0 spiro atoms. The minimum Gasteiger partial charge on any atom is -0.465 e. The third kappa shape index (κ3) is 5.42. The Morgan fingerprint density at radius 2 is 1.97 bits per heavy atom. The Bertz CT molecular complexity index is 927. The molecule has 29 heavy (non-hydrogen) atoms. The molecule has 0 unspecified atom stereocenters. The Balaban J connectivity index is 2.15. The van der Waals surface area contributed by atoms with Gasteiger partial charge in [-0.05, 0) is 25.5 Å². The average Bonchev–Trinajstić information content (AvgIpc) is 2.97. The van der Waals surface area contributed by atoms with E-state index in [1.54, 1.807) is 6.92 Å². The number of nitrogens with zero attached hydrogens (tertiary/aromatic N) is 1. The smallest absolute Gasteiger partial charge is 0.341 e. The van der Waals surface area contributed by atoms with Crippen LogP contribution >= 0.6 is 11.3 Å². The molecule has 1 heterocycles. The van der Waals surface area contributed by atoms with E-state index < -0.39 is 16.8 Å². The van der Waals surface area contributed by atoms with Crippen LogP contribution < -0.4 is 16.0 Å². The number of aryl methyl sites for hydroxylation is 1. The molecular formula is C18H22N4O6S. The van der Waals surface area contributed by atoms with E-state index in [2.05, 4.69) is 16.0 Å². The third-order valence-corrected chi connectivity index (χ3v) is 5.23. The van der Waals surface area contributed by atoms with Gasteiger partial charge in [0.05, 0.1) is 42.1 Å². The molecule has 0 aliphatic heterocycles. The summed E-state index contributed by atoms with van der Waals surface area (Å²) in [6, 6.07) is 4.12. The summed E-state index contributed by atoms with van der Waals surface area (Å²) in [5.41, 5.74) is 1.76. The quantitative estimate of drug-likeness (QED) is 0.274. The molecule has 0 aliphatic rings. The lowest BCUT2D eigenvalue weighted by molar-refractivity contribution is -0.384. The molecule has 0 aliphatic carbocycles. The molecule has 1 aromatic heterocycles. The summed E-state index contributed by atoms with van der Waals surface area (Å²) < 4.78 is 4.78. The number of non-ortho nitro benzene ring substituents is 1. The first-order chi connectivity index (χ1) is 13.8. The van der Waals surface area contributed by atoms with Crippen molar-refractivity contribution in [3.05, 3.63) is 44.3 Å². The highest BCUT2D eigenvalue weighted by atomic mass is 32.1. The van der Waals surface area contributed by atoms with E-state index in [4.69, 9.17) is 9.84 Å². The number of hydrogen-bond donors (Lipinski definition) is 4. The van der Waals surface area contributed by atoms with Gasteiger partial charge in [-0.1, -0.05) is 0 Å². The number of hydrogen-bond acceptors (Lipinski definition) is 9. The zero-order valence-electron chi connectivity index (χ0n) is 16.2. The van der Waals surface area contributed by atoms with Crippen LogP contribution in [-0.4, -0.2) is 48.7 Å². The van der Waals surface area contributed by atoms with Crippen molar-refractivity contribution in [1.82, 2.24) is 0 Å². The highest BCUT2D eigenvalue weighted by molar-refractivity contribution is 7.16. The summed E-state index contributed by atoms with van der Waals surface area (Å²) in [5.74, 6) is -0.972. The van der Waals surface area contributed by atoms with E-state index in [1.165, 1.54) is 36.6 Å². The minimum atomic E-state index is -0.541. The van der Waals surface area contributed by atoms with Gasteiger partial charge in [-0.2, -0.15) is 0 Å². The van der Waals surface area contributed by atoms with E-state index in [9.17, 15) is 19.7 Å². The van der Waals surface area contributed by atoms with Gasteiger partial charge in [0.2, 0.25) is 5.91 Å². The number of methoxy groups -OCH3 is 1. The maximum absolute atomic E-state index is 12.4. The zero-order chi connectivity index (χ0) is 21.6. The lowest BCUT2D eigenvalue weighted by Gasteiger charge is -2.13. The summed E-state index contributed by atoms with van der Waals surface area (Å²) in [5, 5.41) is 28.8. The molecule has 1 amide bonds. The first-order valence-electron chi connectivity index (χ1n) is 8.63. The monoisotopic (exact) mass is 422 g/mol. The number of aliphatic hydroxyl groups is 1. The Morgan fingerprint density at radius 1 is 1.24 bits per heavy atom. The predicted octanol–water partition coefficient (Wildman–Crippen LogP) is 2.51. The Labute approximate surface area is 171 Å². The van der Waals surface area contributed by atoms with Crippen molar-refractivity contribution < 1.29 is 24.4 Å². The highest BCUT2D eigenvalue weighted by Gasteiger charge is 2.21. The molecule has 156 valence electrons. The van der Waals surface area contributed by atoms with Crippen molar-refractivity contribution in [2.24, 2.45) is 0 Å². The summed E-state index contributed by atoms with van der Waals surface area (Å²) in [6.45, 7) is 3.54. The van der Waals surface area contributed by atoms with Crippen LogP contribution in [0.15, 0.2) is 18.2 Å². The maximum atomic E-state index is 12.4. The van der Waals surface area contributed by atoms with Gasteiger partial charge in [0.25, 0.3) is 5.69 Å². The lowest BCUT2D eigenvalue weighted by Crippen LogP contribution is -2.23. The normalized spacial score (nSPS) is 10.3. The van der Waals surface area contributed by atoms with Gasteiger partial charge in [0.1, 0.15) is 5.00 Å². The number of thiophene rings is 1. The van der Waals surface area contributed by atoms with Crippen LogP contribution in [0.2, 0.25) is 0 Å². The van der Waals surface area contributed by atoms with Crippen molar-refractivity contribution in [2.45, 2.75) is 13.8 Å². The number of amides is 1. The van der Waals surface area contributed by atoms with Crippen LogP contribution in [0.3, 0.4) is 0 Å². The first-order valence-corrected chi connectivity index (χ1v) is 9.45. The second kappa shape index (κ2) is 9.85. The summed E-state index contributed by atoms with van der Waals surface area (Å²) in [4.78, 5) is 35.8. The topological polar surface area (TPSA) is 143 Å². The molecule has 2 aromatic rings. The molecule has 4 N–H and O–H groups in total. The Hall–Kier alpha value is -3.18. The molecule has 0 fully saturated rings. The molecule has 0 saturated carbocycles. The highest BCUT2D eigenvalue weighted by Crippen LogP contribution is 2.33. The van der Waals surface area contributed by atoms with E-state index in [0.717, 1.165) is 10.4 Å². The maximum Gasteiger partial charge on any atom is 0.341 e. The number of benzene rings is 1. The van der Waals surface area contributed by atoms with Crippen molar-refractivity contribution >= 4 is 45.3 Å². The molecule has 0 bridgehead atoms. The van der Waals surface area contributed by atoms with Gasteiger partial charge in [0, 0.05) is 23.6 Å². The molecule has 1 aromatic carbocycles. The summed E-state index contributed by atoms with van der Waals surface area (Å²) in [6.07, 6.45) is 0. The fourth-order valence-electron chi connectivity index (χ4n) is 2.55. The van der Waals surface area contributed by atoms with Gasteiger partial charge in [-0.15, -0.1) is 11.3 Å². The zero-order valence-corrected chi connectivity index (χ0v) is 17.0. The second-order valence-electron chi connectivity index (χ2n) is 6.02. The minimum absolute atomic E-state index is 0.121. The van der Waals surface area contributed by atoms with Crippen LogP contribution in [0.5, 0.6) is 0 Å². The van der Waals surface area contributed by atoms with Gasteiger partial charge >= 0.3 is 5.97 Å². The number of nitro benzene ring substituents is 1. The van der Waals surface area contributed by atoms with Gasteiger partial charge in [-0.3, -0.25) is 14.9 Å². The average molecular weight is 422 g/mol. The van der Waals surface area contributed by atoms with Crippen LogP contribution in [0, 0.1) is 24.0 Å². The third-order valence-electron chi connectivity index (χ3n) is 4.11. The fourth-order valence-corrected chi connectivity index (χ4v) is 3.61. The van der Waals surface area contributed by atoms with Crippen molar-refractivity contribution in [3.63, 3.8) is 0 Å². The summed E-state index contributed by atoms with van der Waals surface area (Å²) >= 11 is 1.27. The molecule has 0 saturated heterocycles. The van der Waals surface area contributed by atoms with Gasteiger partial charge in [-0.25, -0.2) is 4.79 Å². The van der Waals surface area contributed by atoms with E-state index in [-0.39, 0.29) is 25.4 Å². The fraction of sp³-hybridized carbons (Fsp3) is 0.333. The number of nitrogens with one attached hydrogen (secondary N) is 3. The predicted molar refractivity (Wildman–Crippen MR) is 111 cm³/mol. The number of ether oxygens (including phenoxy) is 1. The SMILES string of the molecule is COC(=O)c1c(NC(=O)CNc2cc([N+](=O)[O-])ccc2NCCO)sc(C)c1C. The lowest BCUT2D eigenvalue weighted by atomic mass is 10.1. The number of carbonyl (C=O) groups excluding carboxylic acids is 2. The van der Waals surface area contributed by atoms with E-state index >= 15 is 0 Å². The van der Waals surface area contributed by atoms with E-state index in [1.807, 2.05) is 6.92 Å². The van der Waals surface area contributed by atoms with E-state index in [0.29, 0.717) is 21.9 Å². The first kappa shape index (κ1) is 22.1. The van der Waals surface area contributed by atoms with Crippen molar-refractivity contribution in [2.75, 3.05) is 42.8 Å². The Morgan fingerprint density at radius 3 is 2.59 bits per heavy atom. The largest absolute Gasteiger partial charge is 0.465 e. The molecular weight excluding hydrogens is 400 g/mol. The van der Waals surface area contributed by atoms with Crippen LogP contribution in [0.4, 0.5) is 22.1 Å². The number of aliphatic hydroxyl groups excluding tert-OH is 1. The van der Waals surface area contributed by atoms with Crippen molar-refractivity contribution in [1.29, 1.82) is 0 Å². The molecule has 0 atom stereocenters. The standard InChI is InChI=1S/C18H22N4O6S/c1-10-11(2)29-17(16(10)18(25)28-3)21-15(24)9-20-14-8-12(22(26)27)4-5-13(14)19-6-7-23/h4-5,8,19-20,23H,6-7,9H2,1-3H3,(H,21,24). The van der Waals surface area contributed by atoms with Gasteiger partial charge in [0.15, 0.2) is 0 Å². The number of rotatable bonds is 9. The number of nitro groups is 1. The molecule has 10 nitrogen and oxygen atoms in total. The Kier molecular flexibility index (Phi) is 7.51. The van der Waals surface area contributed by atoms with Crippen LogP contribution in [-0.2, 0) is 9.53 Å².